The minimum absolute atomic E-state index is 0.00719. The van der Waals surface area contributed by atoms with E-state index >= 15 is 0 Å². The van der Waals surface area contributed by atoms with E-state index in [4.69, 9.17) is 11.6 Å². The lowest BCUT2D eigenvalue weighted by Gasteiger charge is -2.31. The van der Waals surface area contributed by atoms with Gasteiger partial charge < -0.3 is 10.6 Å². The molecule has 8 heteroatoms. The normalized spacial score (nSPS) is 18.8. The number of fused-ring (bicyclic) bond motifs is 1. The molecule has 2 N–H and O–H groups in total. The Labute approximate surface area is 195 Å². The van der Waals surface area contributed by atoms with E-state index in [9.17, 15) is 18.0 Å². The van der Waals surface area contributed by atoms with Gasteiger partial charge in [-0.2, -0.15) is 13.2 Å². The van der Waals surface area contributed by atoms with Crippen LogP contribution in [0.4, 0.5) is 18.9 Å². The second-order valence-corrected chi connectivity index (χ2v) is 8.87. The van der Waals surface area contributed by atoms with Crippen molar-refractivity contribution in [1.29, 1.82) is 0 Å². The van der Waals surface area contributed by atoms with Crippen LogP contribution in [0.5, 0.6) is 0 Å². The Balaban J connectivity index is 1.43. The number of anilines is 1. The standard InChI is InChI=1S/C25H25ClF3N3O/c1-2-15-4-3-5-16(12-15)24(33)31-19-9-7-18(8-10-19)30-22-14-23(25(27,28)29)32-21-11-6-17(26)13-20(21)22/h3-6,11-14,18-19H,2,7-10H2,1H3,(H,30,32)(H,31,33). The molecular weight excluding hydrogens is 451 g/mol. The van der Waals surface area contributed by atoms with E-state index < -0.39 is 11.9 Å². The Morgan fingerprint density at radius 1 is 1.06 bits per heavy atom. The number of aromatic nitrogens is 1. The maximum Gasteiger partial charge on any atom is 0.433 e. The van der Waals surface area contributed by atoms with Crippen molar-refractivity contribution >= 4 is 34.1 Å². The second-order valence-electron chi connectivity index (χ2n) is 8.43. The van der Waals surface area contributed by atoms with Gasteiger partial charge in [-0.05, 0) is 74.1 Å². The van der Waals surface area contributed by atoms with Crippen LogP contribution in [-0.4, -0.2) is 23.0 Å². The summed E-state index contributed by atoms with van der Waals surface area (Å²) < 4.78 is 40.1. The Morgan fingerprint density at radius 3 is 2.48 bits per heavy atom. The van der Waals surface area contributed by atoms with Crippen LogP contribution in [0.1, 0.15) is 54.2 Å². The number of hydrogen-bond acceptors (Lipinski definition) is 3. The lowest BCUT2D eigenvalue weighted by molar-refractivity contribution is -0.140. The number of aryl methyl sites for hydroxylation is 1. The average Bonchev–Trinajstić information content (AvgIpc) is 2.80. The molecule has 2 aromatic carbocycles. The van der Waals surface area contributed by atoms with E-state index in [0.717, 1.165) is 43.7 Å². The zero-order chi connectivity index (χ0) is 23.6. The Bertz CT molecular complexity index is 1160. The quantitative estimate of drug-likeness (QED) is 0.436. The van der Waals surface area contributed by atoms with Gasteiger partial charge in [-0.1, -0.05) is 30.7 Å². The number of nitrogens with one attached hydrogen (secondary N) is 2. The van der Waals surface area contributed by atoms with Crippen molar-refractivity contribution in [2.24, 2.45) is 0 Å². The fraction of sp³-hybridized carbons (Fsp3) is 0.360. The molecule has 0 aliphatic heterocycles. The third kappa shape index (κ3) is 5.58. The van der Waals surface area contributed by atoms with Crippen LogP contribution >= 0.6 is 11.6 Å². The number of carbonyl (C=O) groups excluding carboxylic acids is 1. The maximum atomic E-state index is 13.4. The summed E-state index contributed by atoms with van der Waals surface area (Å²) in [6.45, 7) is 2.04. The Kier molecular flexibility index (Phi) is 6.79. The number of pyridine rings is 1. The summed E-state index contributed by atoms with van der Waals surface area (Å²) >= 11 is 6.08. The maximum absolute atomic E-state index is 13.4. The van der Waals surface area contributed by atoms with Crippen LogP contribution in [0.15, 0.2) is 48.5 Å². The van der Waals surface area contributed by atoms with Crippen LogP contribution in [0.3, 0.4) is 0 Å². The zero-order valence-electron chi connectivity index (χ0n) is 18.2. The van der Waals surface area contributed by atoms with Crippen LogP contribution in [0.25, 0.3) is 10.9 Å². The molecule has 1 amide bonds. The molecule has 0 saturated heterocycles. The molecular formula is C25H25ClF3N3O. The summed E-state index contributed by atoms with van der Waals surface area (Å²) in [4.78, 5) is 16.4. The number of amides is 1. The van der Waals surface area contributed by atoms with E-state index in [-0.39, 0.29) is 23.5 Å². The number of carbonyl (C=O) groups is 1. The van der Waals surface area contributed by atoms with Crippen molar-refractivity contribution in [2.75, 3.05) is 5.32 Å². The molecule has 1 aromatic heterocycles. The minimum Gasteiger partial charge on any atom is -0.382 e. The molecule has 1 aliphatic rings. The number of alkyl halides is 3. The van der Waals surface area contributed by atoms with Gasteiger partial charge in [0.15, 0.2) is 0 Å². The monoisotopic (exact) mass is 475 g/mol. The highest BCUT2D eigenvalue weighted by atomic mass is 35.5. The SMILES string of the molecule is CCc1cccc(C(=O)NC2CCC(Nc3cc(C(F)(F)F)nc4ccc(Cl)cc34)CC2)c1. The first kappa shape index (κ1) is 23.4. The highest BCUT2D eigenvalue weighted by Crippen LogP contribution is 2.35. The number of benzene rings is 2. The third-order valence-electron chi connectivity index (χ3n) is 6.08. The van der Waals surface area contributed by atoms with Crippen molar-refractivity contribution in [3.63, 3.8) is 0 Å². The molecule has 0 atom stereocenters. The van der Waals surface area contributed by atoms with Crippen LogP contribution in [0.2, 0.25) is 5.02 Å². The lowest BCUT2D eigenvalue weighted by atomic mass is 9.90. The second kappa shape index (κ2) is 9.59. The number of rotatable bonds is 5. The largest absolute Gasteiger partial charge is 0.433 e. The molecule has 3 aromatic rings. The van der Waals surface area contributed by atoms with Gasteiger partial charge in [0.2, 0.25) is 0 Å². The summed E-state index contributed by atoms with van der Waals surface area (Å²) in [6.07, 6.45) is -0.735. The molecule has 174 valence electrons. The van der Waals surface area contributed by atoms with Gasteiger partial charge >= 0.3 is 6.18 Å². The molecule has 0 bridgehead atoms. The molecule has 1 fully saturated rings. The van der Waals surface area contributed by atoms with Crippen LogP contribution in [0, 0.1) is 0 Å². The molecule has 1 saturated carbocycles. The summed E-state index contributed by atoms with van der Waals surface area (Å²) in [5, 5.41) is 7.36. The van der Waals surface area contributed by atoms with Gasteiger partial charge in [0, 0.05) is 33.7 Å². The van der Waals surface area contributed by atoms with Gasteiger partial charge in [0.1, 0.15) is 5.69 Å². The summed E-state index contributed by atoms with van der Waals surface area (Å²) in [5.74, 6) is -0.0914. The molecule has 1 heterocycles. The molecule has 0 spiro atoms. The molecule has 0 unspecified atom stereocenters. The predicted molar refractivity (Wildman–Crippen MR) is 125 cm³/mol. The summed E-state index contributed by atoms with van der Waals surface area (Å²) in [6, 6.07) is 13.3. The highest BCUT2D eigenvalue weighted by molar-refractivity contribution is 6.31. The molecule has 33 heavy (non-hydrogen) atoms. The van der Waals surface area contributed by atoms with Crippen molar-refractivity contribution < 1.29 is 18.0 Å². The van der Waals surface area contributed by atoms with Gasteiger partial charge in [0.05, 0.1) is 5.52 Å². The van der Waals surface area contributed by atoms with Crippen molar-refractivity contribution in [3.05, 3.63) is 70.4 Å². The summed E-state index contributed by atoms with van der Waals surface area (Å²) in [7, 11) is 0. The molecule has 4 rings (SSSR count). The number of halogens is 4. The first-order valence-corrected chi connectivity index (χ1v) is 11.4. The van der Waals surface area contributed by atoms with Crippen LogP contribution in [-0.2, 0) is 12.6 Å². The van der Waals surface area contributed by atoms with E-state index in [0.29, 0.717) is 21.7 Å². The van der Waals surface area contributed by atoms with Crippen molar-refractivity contribution in [2.45, 2.75) is 57.3 Å². The Morgan fingerprint density at radius 2 is 1.79 bits per heavy atom. The topological polar surface area (TPSA) is 54.0 Å². The van der Waals surface area contributed by atoms with Gasteiger partial charge in [-0.15, -0.1) is 0 Å². The molecule has 4 nitrogen and oxygen atoms in total. The lowest BCUT2D eigenvalue weighted by Crippen LogP contribution is -2.40. The van der Waals surface area contributed by atoms with E-state index in [1.807, 2.05) is 25.1 Å². The van der Waals surface area contributed by atoms with Gasteiger partial charge in [0.25, 0.3) is 5.91 Å². The fourth-order valence-corrected chi connectivity index (χ4v) is 4.44. The minimum atomic E-state index is -4.54. The Hall–Kier alpha value is -2.80. The van der Waals surface area contributed by atoms with Crippen molar-refractivity contribution in [3.8, 4) is 0 Å². The molecule has 0 radical (unpaired) electrons. The fourth-order valence-electron chi connectivity index (χ4n) is 4.27. The van der Waals surface area contributed by atoms with E-state index in [1.165, 1.54) is 12.1 Å². The predicted octanol–water partition coefficient (Wildman–Crippen LogP) is 6.62. The molecule has 1 aliphatic carbocycles. The smallest absolute Gasteiger partial charge is 0.382 e. The summed E-state index contributed by atoms with van der Waals surface area (Å²) in [5.41, 5.74) is 1.44. The van der Waals surface area contributed by atoms with Gasteiger partial charge in [-0.25, -0.2) is 4.98 Å². The van der Waals surface area contributed by atoms with E-state index in [1.54, 1.807) is 12.1 Å². The third-order valence-corrected chi connectivity index (χ3v) is 6.32. The first-order valence-electron chi connectivity index (χ1n) is 11.1. The van der Waals surface area contributed by atoms with Crippen molar-refractivity contribution in [1.82, 2.24) is 10.3 Å². The zero-order valence-corrected chi connectivity index (χ0v) is 18.9. The highest BCUT2D eigenvalue weighted by Gasteiger charge is 2.34. The van der Waals surface area contributed by atoms with Gasteiger partial charge in [-0.3, -0.25) is 4.79 Å². The number of hydrogen-bond donors (Lipinski definition) is 2. The first-order chi connectivity index (χ1) is 15.7. The number of nitrogens with zero attached hydrogens (tertiary/aromatic N) is 1. The van der Waals surface area contributed by atoms with Crippen LogP contribution < -0.4 is 10.6 Å². The average molecular weight is 476 g/mol. The van der Waals surface area contributed by atoms with E-state index in [2.05, 4.69) is 15.6 Å².